The van der Waals surface area contributed by atoms with Gasteiger partial charge in [-0.05, 0) is 31.0 Å². The lowest BCUT2D eigenvalue weighted by Crippen LogP contribution is -2.38. The van der Waals surface area contributed by atoms with E-state index in [1.165, 1.54) is 0 Å². The van der Waals surface area contributed by atoms with Gasteiger partial charge in [-0.3, -0.25) is 9.59 Å². The quantitative estimate of drug-likeness (QED) is 0.463. The van der Waals surface area contributed by atoms with Crippen LogP contribution in [-0.2, 0) is 9.59 Å². The summed E-state index contributed by atoms with van der Waals surface area (Å²) in [5.41, 5.74) is 3.08. The van der Waals surface area contributed by atoms with Crippen LogP contribution in [-0.4, -0.2) is 25.5 Å². The number of rotatable bonds is 5. The fourth-order valence-corrected chi connectivity index (χ4v) is 4.42. The second-order valence-corrected chi connectivity index (χ2v) is 8.09. The van der Waals surface area contributed by atoms with Crippen LogP contribution in [0.2, 0.25) is 0 Å². The lowest BCUT2D eigenvalue weighted by molar-refractivity contribution is -0.132. The third-order valence-corrected chi connectivity index (χ3v) is 6.15. The monoisotopic (exact) mass is 428 g/mol. The maximum atomic E-state index is 13.2. The minimum Gasteiger partial charge on any atom is -0.495 e. The van der Waals surface area contributed by atoms with E-state index in [-0.39, 0.29) is 17.9 Å². The Morgan fingerprint density at radius 2 is 1.81 bits per heavy atom. The molecule has 0 saturated carbocycles. The van der Waals surface area contributed by atoms with E-state index in [9.17, 15) is 9.59 Å². The van der Waals surface area contributed by atoms with Gasteiger partial charge in [-0.25, -0.2) is 0 Å². The highest BCUT2D eigenvalue weighted by Gasteiger charge is 2.39. The standard InChI is InChI=1S/C26H24N2O4/c1-16(17-8-4-3-5-9-17)27-25(29)19-12-13-28(26(19)30)21-15-23-20(14-24(21)31-2)18-10-6-7-11-22(18)32-23/h3-11,14-16,19H,12-13H2,1-2H3,(H,27,29). The highest BCUT2D eigenvalue weighted by Crippen LogP contribution is 2.40. The van der Waals surface area contributed by atoms with Gasteiger partial charge in [0.25, 0.3) is 0 Å². The van der Waals surface area contributed by atoms with Gasteiger partial charge in [-0.15, -0.1) is 0 Å². The number of ether oxygens (including phenoxy) is 1. The molecule has 0 aliphatic carbocycles. The summed E-state index contributed by atoms with van der Waals surface area (Å²) < 4.78 is 11.6. The first-order valence-corrected chi connectivity index (χ1v) is 10.7. The van der Waals surface area contributed by atoms with Crippen LogP contribution in [0.5, 0.6) is 5.75 Å². The molecule has 2 heterocycles. The van der Waals surface area contributed by atoms with E-state index in [4.69, 9.17) is 9.15 Å². The van der Waals surface area contributed by atoms with Crippen LogP contribution in [0.1, 0.15) is 24.9 Å². The number of amides is 2. The molecule has 5 rings (SSSR count). The summed E-state index contributed by atoms with van der Waals surface area (Å²) in [6.07, 6.45) is 0.452. The Kier molecular flexibility index (Phi) is 5.05. The third kappa shape index (κ3) is 3.38. The summed E-state index contributed by atoms with van der Waals surface area (Å²) in [5, 5.41) is 4.90. The first kappa shape index (κ1) is 20.1. The molecule has 2 amide bonds. The van der Waals surface area contributed by atoms with Crippen molar-refractivity contribution >= 4 is 39.4 Å². The minimum atomic E-state index is -0.725. The molecule has 0 bridgehead atoms. The van der Waals surface area contributed by atoms with Crippen molar-refractivity contribution in [1.29, 1.82) is 0 Å². The summed E-state index contributed by atoms with van der Waals surface area (Å²) in [7, 11) is 1.58. The van der Waals surface area contributed by atoms with E-state index in [0.29, 0.717) is 30.0 Å². The molecule has 4 aromatic rings. The maximum absolute atomic E-state index is 13.2. The molecule has 0 radical (unpaired) electrons. The molecule has 6 heteroatoms. The van der Waals surface area contributed by atoms with Crippen molar-refractivity contribution < 1.29 is 18.7 Å². The molecule has 6 nitrogen and oxygen atoms in total. The smallest absolute Gasteiger partial charge is 0.239 e. The van der Waals surface area contributed by atoms with Crippen molar-refractivity contribution in [3.8, 4) is 5.75 Å². The first-order valence-electron chi connectivity index (χ1n) is 10.7. The molecule has 1 aliphatic rings. The molecule has 32 heavy (non-hydrogen) atoms. The first-order chi connectivity index (χ1) is 15.6. The van der Waals surface area contributed by atoms with Crippen molar-refractivity contribution in [2.45, 2.75) is 19.4 Å². The molecule has 0 spiro atoms. The van der Waals surface area contributed by atoms with Crippen LogP contribution in [0.4, 0.5) is 5.69 Å². The summed E-state index contributed by atoms with van der Waals surface area (Å²) in [6.45, 7) is 2.36. The number of nitrogens with zero attached hydrogens (tertiary/aromatic N) is 1. The van der Waals surface area contributed by atoms with E-state index in [1.807, 2.05) is 73.7 Å². The normalized spacial score (nSPS) is 17.1. The lowest BCUT2D eigenvalue weighted by atomic mass is 10.0. The average molecular weight is 428 g/mol. The number of carbonyl (C=O) groups excluding carboxylic acids is 2. The Hall–Kier alpha value is -3.80. The molecule has 1 saturated heterocycles. The van der Waals surface area contributed by atoms with E-state index in [2.05, 4.69) is 5.32 Å². The van der Waals surface area contributed by atoms with Gasteiger partial charge in [-0.1, -0.05) is 48.5 Å². The number of anilines is 1. The molecule has 1 N–H and O–H groups in total. The molecule has 162 valence electrons. The number of fused-ring (bicyclic) bond motifs is 3. The predicted octanol–water partition coefficient (Wildman–Crippen LogP) is 4.82. The van der Waals surface area contributed by atoms with Gasteiger partial charge in [0, 0.05) is 23.4 Å². The van der Waals surface area contributed by atoms with Crippen LogP contribution in [0, 0.1) is 5.92 Å². The van der Waals surface area contributed by atoms with Crippen molar-refractivity contribution in [3.05, 3.63) is 72.3 Å². The van der Waals surface area contributed by atoms with E-state index >= 15 is 0 Å². The van der Waals surface area contributed by atoms with Gasteiger partial charge in [0.15, 0.2) is 0 Å². The van der Waals surface area contributed by atoms with Gasteiger partial charge in [0.05, 0.1) is 18.8 Å². The molecule has 2 atom stereocenters. The summed E-state index contributed by atoms with van der Waals surface area (Å²) in [5.74, 6) is -0.623. The largest absolute Gasteiger partial charge is 0.495 e. The fraction of sp³-hybridized carbons (Fsp3) is 0.231. The van der Waals surface area contributed by atoms with E-state index < -0.39 is 5.92 Å². The number of methoxy groups -OCH3 is 1. The lowest BCUT2D eigenvalue weighted by Gasteiger charge is -2.20. The molecule has 2 unspecified atom stereocenters. The number of hydrogen-bond donors (Lipinski definition) is 1. The summed E-state index contributed by atoms with van der Waals surface area (Å²) in [4.78, 5) is 27.7. The number of furan rings is 1. The van der Waals surface area contributed by atoms with Crippen molar-refractivity contribution in [2.75, 3.05) is 18.6 Å². The van der Waals surface area contributed by atoms with E-state index in [1.54, 1.807) is 12.0 Å². The Morgan fingerprint density at radius 1 is 1.06 bits per heavy atom. The SMILES string of the molecule is COc1cc2c(cc1N1CCC(C(=O)NC(C)c3ccccc3)C1=O)oc1ccccc12. The fourth-order valence-electron chi connectivity index (χ4n) is 4.42. The number of hydrogen-bond acceptors (Lipinski definition) is 4. The highest BCUT2D eigenvalue weighted by molar-refractivity contribution is 6.12. The molecule has 3 aromatic carbocycles. The summed E-state index contributed by atoms with van der Waals surface area (Å²) in [6, 6.07) is 21.1. The average Bonchev–Trinajstić information content (AvgIpc) is 3.38. The Morgan fingerprint density at radius 3 is 2.59 bits per heavy atom. The third-order valence-electron chi connectivity index (χ3n) is 6.15. The zero-order chi connectivity index (χ0) is 22.2. The minimum absolute atomic E-state index is 0.174. The zero-order valence-corrected chi connectivity index (χ0v) is 18.0. The Balaban J connectivity index is 1.41. The van der Waals surface area contributed by atoms with Crippen molar-refractivity contribution in [1.82, 2.24) is 5.32 Å². The topological polar surface area (TPSA) is 71.8 Å². The van der Waals surface area contributed by atoms with Gasteiger partial charge < -0.3 is 19.4 Å². The van der Waals surface area contributed by atoms with Gasteiger partial charge >= 0.3 is 0 Å². The van der Waals surface area contributed by atoms with Crippen LogP contribution < -0.4 is 15.0 Å². The Labute approximate surface area is 185 Å². The van der Waals surface area contributed by atoms with Crippen LogP contribution in [0.3, 0.4) is 0 Å². The van der Waals surface area contributed by atoms with Gasteiger partial charge in [-0.2, -0.15) is 0 Å². The second kappa shape index (κ2) is 8.04. The van der Waals surface area contributed by atoms with E-state index in [0.717, 1.165) is 21.9 Å². The number of carbonyl (C=O) groups is 2. The molecule has 1 fully saturated rings. The van der Waals surface area contributed by atoms with Gasteiger partial charge in [0.2, 0.25) is 11.8 Å². The highest BCUT2D eigenvalue weighted by atomic mass is 16.5. The van der Waals surface area contributed by atoms with Crippen LogP contribution in [0.15, 0.2) is 71.1 Å². The summed E-state index contributed by atoms with van der Waals surface area (Å²) >= 11 is 0. The molecule has 1 aliphatic heterocycles. The molecular weight excluding hydrogens is 404 g/mol. The molecule has 1 aromatic heterocycles. The van der Waals surface area contributed by atoms with Gasteiger partial charge in [0.1, 0.15) is 22.8 Å². The number of nitrogens with one attached hydrogen (secondary N) is 1. The second-order valence-electron chi connectivity index (χ2n) is 8.09. The number of para-hydroxylation sites is 1. The molecular formula is C26H24N2O4. The van der Waals surface area contributed by atoms with Crippen LogP contribution in [0.25, 0.3) is 21.9 Å². The van der Waals surface area contributed by atoms with Crippen molar-refractivity contribution in [3.63, 3.8) is 0 Å². The predicted molar refractivity (Wildman–Crippen MR) is 124 cm³/mol. The van der Waals surface area contributed by atoms with Crippen molar-refractivity contribution in [2.24, 2.45) is 5.92 Å². The van der Waals surface area contributed by atoms with Crippen LogP contribution >= 0.6 is 0 Å². The zero-order valence-electron chi connectivity index (χ0n) is 18.0. The Bertz CT molecular complexity index is 1310. The maximum Gasteiger partial charge on any atom is 0.239 e. The number of benzene rings is 3.